The molecule has 0 atom stereocenters. The van der Waals surface area contributed by atoms with Gasteiger partial charge in [-0.15, -0.1) is 0 Å². The average molecular weight is 325 g/mol. The SMILES string of the molecule is Cc1cc(OCC(=O)NC2CCCCC2)nc(-c2ccccc2)n1. The highest BCUT2D eigenvalue weighted by Crippen LogP contribution is 2.19. The zero-order chi connectivity index (χ0) is 16.8. The number of aryl methyl sites for hydroxylation is 1. The molecule has 1 fully saturated rings. The van der Waals surface area contributed by atoms with Crippen LogP contribution in [0.5, 0.6) is 5.88 Å². The summed E-state index contributed by atoms with van der Waals surface area (Å²) in [6.45, 7) is 1.88. The molecule has 1 amide bonds. The van der Waals surface area contributed by atoms with Gasteiger partial charge in [0, 0.05) is 23.4 Å². The predicted octanol–water partition coefficient (Wildman–Crippen LogP) is 3.28. The Kier molecular flexibility index (Phi) is 5.41. The van der Waals surface area contributed by atoms with Crippen LogP contribution >= 0.6 is 0 Å². The number of benzene rings is 1. The molecule has 126 valence electrons. The molecule has 0 radical (unpaired) electrons. The van der Waals surface area contributed by atoms with E-state index in [0.717, 1.165) is 24.1 Å². The average Bonchev–Trinajstić information content (AvgIpc) is 2.61. The summed E-state index contributed by atoms with van der Waals surface area (Å²) >= 11 is 0. The maximum Gasteiger partial charge on any atom is 0.258 e. The van der Waals surface area contributed by atoms with E-state index < -0.39 is 0 Å². The Labute approximate surface area is 142 Å². The van der Waals surface area contributed by atoms with E-state index >= 15 is 0 Å². The molecule has 3 rings (SSSR count). The lowest BCUT2D eigenvalue weighted by Crippen LogP contribution is -2.39. The van der Waals surface area contributed by atoms with Gasteiger partial charge in [0.2, 0.25) is 5.88 Å². The van der Waals surface area contributed by atoms with Crippen LogP contribution in [-0.2, 0) is 4.79 Å². The van der Waals surface area contributed by atoms with E-state index in [1.54, 1.807) is 6.07 Å². The van der Waals surface area contributed by atoms with Crippen molar-refractivity contribution in [3.8, 4) is 17.3 Å². The number of hydrogen-bond acceptors (Lipinski definition) is 4. The van der Waals surface area contributed by atoms with Crippen LogP contribution < -0.4 is 10.1 Å². The van der Waals surface area contributed by atoms with E-state index in [1.807, 2.05) is 37.3 Å². The van der Waals surface area contributed by atoms with Crippen LogP contribution in [0.1, 0.15) is 37.8 Å². The standard InChI is InChI=1S/C19H23N3O2/c1-14-12-18(22-19(20-14)15-8-4-2-5-9-15)24-13-17(23)21-16-10-6-3-7-11-16/h2,4-5,8-9,12,16H,3,6-7,10-11,13H2,1H3,(H,21,23). The van der Waals surface area contributed by atoms with Crippen LogP contribution in [0, 0.1) is 6.92 Å². The van der Waals surface area contributed by atoms with Gasteiger partial charge < -0.3 is 10.1 Å². The van der Waals surface area contributed by atoms with Crippen LogP contribution in [0.2, 0.25) is 0 Å². The second-order valence-electron chi connectivity index (χ2n) is 6.23. The van der Waals surface area contributed by atoms with Gasteiger partial charge in [0.1, 0.15) is 0 Å². The van der Waals surface area contributed by atoms with Crippen LogP contribution in [-0.4, -0.2) is 28.5 Å². The summed E-state index contributed by atoms with van der Waals surface area (Å²) in [6.07, 6.45) is 5.78. The number of carbonyl (C=O) groups excluding carboxylic acids is 1. The molecule has 24 heavy (non-hydrogen) atoms. The molecule has 0 saturated heterocycles. The fourth-order valence-electron chi connectivity index (χ4n) is 2.99. The molecule has 2 aromatic rings. The maximum atomic E-state index is 12.0. The fourth-order valence-corrected chi connectivity index (χ4v) is 2.99. The van der Waals surface area contributed by atoms with Gasteiger partial charge in [0.15, 0.2) is 12.4 Å². The Hall–Kier alpha value is -2.43. The van der Waals surface area contributed by atoms with Gasteiger partial charge in [0.25, 0.3) is 5.91 Å². The minimum atomic E-state index is -0.0839. The van der Waals surface area contributed by atoms with E-state index in [0.29, 0.717) is 17.7 Å². The molecule has 1 aliphatic carbocycles. The summed E-state index contributed by atoms with van der Waals surface area (Å²) in [7, 11) is 0. The van der Waals surface area contributed by atoms with Crippen molar-refractivity contribution in [1.29, 1.82) is 0 Å². The summed E-state index contributed by atoms with van der Waals surface area (Å²) in [5.41, 5.74) is 1.74. The van der Waals surface area contributed by atoms with E-state index in [1.165, 1.54) is 19.3 Å². The van der Waals surface area contributed by atoms with Gasteiger partial charge in [-0.1, -0.05) is 49.6 Å². The van der Waals surface area contributed by atoms with Crippen molar-refractivity contribution < 1.29 is 9.53 Å². The van der Waals surface area contributed by atoms with Crippen molar-refractivity contribution >= 4 is 5.91 Å². The van der Waals surface area contributed by atoms with Crippen molar-refractivity contribution in [2.45, 2.75) is 45.1 Å². The Bertz CT molecular complexity index is 682. The van der Waals surface area contributed by atoms with Crippen molar-refractivity contribution in [3.05, 3.63) is 42.1 Å². The Balaban J connectivity index is 1.60. The monoisotopic (exact) mass is 325 g/mol. The number of amides is 1. The van der Waals surface area contributed by atoms with Gasteiger partial charge in [-0.05, 0) is 19.8 Å². The predicted molar refractivity (Wildman–Crippen MR) is 92.7 cm³/mol. The van der Waals surface area contributed by atoms with Crippen LogP contribution in [0.4, 0.5) is 0 Å². The summed E-state index contributed by atoms with van der Waals surface area (Å²) in [6, 6.07) is 11.8. The quantitative estimate of drug-likeness (QED) is 0.916. The van der Waals surface area contributed by atoms with E-state index in [-0.39, 0.29) is 12.5 Å². The molecule has 1 aromatic heterocycles. The molecule has 0 spiro atoms. The largest absolute Gasteiger partial charge is 0.467 e. The molecule has 0 bridgehead atoms. The smallest absolute Gasteiger partial charge is 0.258 e. The third kappa shape index (κ3) is 4.54. The van der Waals surface area contributed by atoms with Crippen molar-refractivity contribution in [2.75, 3.05) is 6.61 Å². The molecule has 1 saturated carbocycles. The summed E-state index contributed by atoms with van der Waals surface area (Å²) in [4.78, 5) is 20.9. The fraction of sp³-hybridized carbons (Fsp3) is 0.421. The molecule has 1 heterocycles. The lowest BCUT2D eigenvalue weighted by Gasteiger charge is -2.22. The highest BCUT2D eigenvalue weighted by atomic mass is 16.5. The van der Waals surface area contributed by atoms with Gasteiger partial charge in [0.05, 0.1) is 0 Å². The number of hydrogen-bond donors (Lipinski definition) is 1. The molecule has 1 N–H and O–H groups in total. The first-order valence-electron chi connectivity index (χ1n) is 8.54. The Morgan fingerprint density at radius 1 is 1.17 bits per heavy atom. The number of nitrogens with zero attached hydrogens (tertiary/aromatic N) is 2. The highest BCUT2D eigenvalue weighted by Gasteiger charge is 2.16. The normalized spacial score (nSPS) is 15.0. The third-order valence-electron chi connectivity index (χ3n) is 4.18. The maximum absolute atomic E-state index is 12.0. The topological polar surface area (TPSA) is 64.1 Å². The molecule has 5 nitrogen and oxygen atoms in total. The first kappa shape index (κ1) is 16.4. The third-order valence-corrected chi connectivity index (χ3v) is 4.18. The second-order valence-corrected chi connectivity index (χ2v) is 6.23. The minimum Gasteiger partial charge on any atom is -0.467 e. The molecular weight excluding hydrogens is 302 g/mol. The van der Waals surface area contributed by atoms with Crippen LogP contribution in [0.25, 0.3) is 11.4 Å². The number of rotatable bonds is 5. The zero-order valence-electron chi connectivity index (χ0n) is 14.0. The van der Waals surface area contributed by atoms with Gasteiger partial charge in [-0.3, -0.25) is 4.79 Å². The van der Waals surface area contributed by atoms with E-state index in [9.17, 15) is 4.79 Å². The van der Waals surface area contributed by atoms with Crippen molar-refractivity contribution in [1.82, 2.24) is 15.3 Å². The second kappa shape index (κ2) is 7.90. The number of aromatic nitrogens is 2. The molecule has 1 aliphatic rings. The summed E-state index contributed by atoms with van der Waals surface area (Å²) in [5.74, 6) is 0.956. The first-order chi connectivity index (χ1) is 11.7. The van der Waals surface area contributed by atoms with Crippen molar-refractivity contribution in [3.63, 3.8) is 0 Å². The number of ether oxygens (including phenoxy) is 1. The molecule has 5 heteroatoms. The van der Waals surface area contributed by atoms with Gasteiger partial charge >= 0.3 is 0 Å². The Morgan fingerprint density at radius 3 is 2.67 bits per heavy atom. The van der Waals surface area contributed by atoms with Gasteiger partial charge in [-0.25, -0.2) is 4.98 Å². The van der Waals surface area contributed by atoms with Crippen LogP contribution in [0.15, 0.2) is 36.4 Å². The molecule has 1 aromatic carbocycles. The van der Waals surface area contributed by atoms with Gasteiger partial charge in [-0.2, -0.15) is 4.98 Å². The summed E-state index contributed by atoms with van der Waals surface area (Å²) < 4.78 is 5.59. The van der Waals surface area contributed by atoms with Crippen LogP contribution in [0.3, 0.4) is 0 Å². The number of carbonyl (C=O) groups is 1. The number of nitrogens with one attached hydrogen (secondary N) is 1. The molecule has 0 aliphatic heterocycles. The lowest BCUT2D eigenvalue weighted by molar-refractivity contribution is -0.124. The summed E-state index contributed by atoms with van der Waals surface area (Å²) in [5, 5.41) is 3.04. The molecule has 0 unspecified atom stereocenters. The highest BCUT2D eigenvalue weighted by molar-refractivity contribution is 5.77. The minimum absolute atomic E-state index is 0.0127. The molecular formula is C19H23N3O2. The van der Waals surface area contributed by atoms with Crippen molar-refractivity contribution in [2.24, 2.45) is 0 Å². The van der Waals surface area contributed by atoms with E-state index in [2.05, 4.69) is 15.3 Å². The van der Waals surface area contributed by atoms with E-state index in [4.69, 9.17) is 4.74 Å². The Morgan fingerprint density at radius 2 is 1.92 bits per heavy atom. The zero-order valence-corrected chi connectivity index (χ0v) is 14.0. The lowest BCUT2D eigenvalue weighted by atomic mass is 9.95. The first-order valence-corrected chi connectivity index (χ1v) is 8.54.